The van der Waals surface area contributed by atoms with Crippen molar-refractivity contribution >= 4 is 27.6 Å². The maximum atomic E-state index is 13.5. The van der Waals surface area contributed by atoms with Crippen LogP contribution in [0.15, 0.2) is 71.6 Å². The van der Waals surface area contributed by atoms with Crippen LogP contribution >= 0.6 is 11.6 Å². The third-order valence-electron chi connectivity index (χ3n) is 7.50. The summed E-state index contributed by atoms with van der Waals surface area (Å²) in [7, 11) is -2.36. The number of carbonyl (C=O) groups is 1. The van der Waals surface area contributed by atoms with E-state index < -0.39 is 22.1 Å². The lowest BCUT2D eigenvalue weighted by atomic mass is 9.95. The van der Waals surface area contributed by atoms with Crippen molar-refractivity contribution < 1.29 is 23.4 Å². The average Bonchev–Trinajstić information content (AvgIpc) is 2.95. The molecule has 1 atom stereocenters. The van der Waals surface area contributed by atoms with Crippen LogP contribution in [0, 0.1) is 0 Å². The van der Waals surface area contributed by atoms with Crippen molar-refractivity contribution in [2.45, 2.75) is 75.8 Å². The van der Waals surface area contributed by atoms with Gasteiger partial charge < -0.3 is 15.5 Å². The fourth-order valence-corrected chi connectivity index (χ4v) is 6.75. The first-order valence-corrected chi connectivity index (χ1v) is 16.2. The van der Waals surface area contributed by atoms with Crippen LogP contribution < -0.4 is 5.32 Å². The molecule has 0 bridgehead atoms. The number of nitrogens with one attached hydrogen (secondary N) is 1. The number of aliphatic hydroxyl groups is 1. The number of carboxylic acids is 1. The van der Waals surface area contributed by atoms with Gasteiger partial charge in [0, 0.05) is 42.7 Å². The molecule has 0 aromatic heterocycles. The van der Waals surface area contributed by atoms with Gasteiger partial charge >= 0.3 is 5.97 Å². The Labute approximate surface area is 255 Å². The van der Waals surface area contributed by atoms with Crippen LogP contribution in [-0.2, 0) is 34.1 Å². The van der Waals surface area contributed by atoms with E-state index >= 15 is 0 Å². The number of aryl methyl sites for hydroxylation is 3. The number of sulfonamides is 1. The standard InChI is InChI=1S/C33H43ClN2O5S/c1-5-26-21-27(29-16-13-25(20-30(29)34)14-18-32(38)39)15-17-31(26)42(40,41)36(4)23-28(37)22-35-33(2,3)19-9-12-24-10-7-6-8-11-24/h6-8,10-11,13,15-17,20-21,28,35,37H,5,9,12,14,18-19,22-23H2,1-4H3,(H,38,39). The van der Waals surface area contributed by atoms with E-state index in [1.165, 1.54) is 16.9 Å². The second kappa shape index (κ2) is 15.1. The number of nitrogens with zero attached hydrogens (tertiary/aromatic N) is 1. The van der Waals surface area contributed by atoms with Crippen molar-refractivity contribution in [3.8, 4) is 11.1 Å². The number of rotatable bonds is 16. The van der Waals surface area contributed by atoms with E-state index in [0.717, 1.165) is 36.0 Å². The number of benzene rings is 3. The predicted octanol–water partition coefficient (Wildman–Crippen LogP) is 5.96. The minimum Gasteiger partial charge on any atom is -0.481 e. The van der Waals surface area contributed by atoms with E-state index in [1.807, 2.05) is 43.3 Å². The Hall–Kier alpha value is -2.75. The van der Waals surface area contributed by atoms with Crippen molar-refractivity contribution in [3.05, 3.63) is 88.4 Å². The molecule has 0 radical (unpaired) electrons. The molecule has 0 fully saturated rings. The minimum absolute atomic E-state index is 0.0208. The van der Waals surface area contributed by atoms with Crippen LogP contribution in [0.3, 0.4) is 0 Å². The van der Waals surface area contributed by atoms with E-state index in [9.17, 15) is 18.3 Å². The molecular formula is C33H43ClN2O5S. The molecule has 0 saturated carbocycles. The van der Waals surface area contributed by atoms with Gasteiger partial charge in [0.2, 0.25) is 10.0 Å². The Morgan fingerprint density at radius 2 is 1.74 bits per heavy atom. The Morgan fingerprint density at radius 3 is 2.38 bits per heavy atom. The number of halogens is 1. The number of hydrogen-bond donors (Lipinski definition) is 3. The van der Waals surface area contributed by atoms with Crippen molar-refractivity contribution in [2.24, 2.45) is 0 Å². The molecule has 0 spiro atoms. The van der Waals surface area contributed by atoms with Gasteiger partial charge in [-0.1, -0.05) is 67.1 Å². The summed E-state index contributed by atoms with van der Waals surface area (Å²) < 4.78 is 28.3. The summed E-state index contributed by atoms with van der Waals surface area (Å²) >= 11 is 6.52. The van der Waals surface area contributed by atoms with Gasteiger partial charge in [-0.15, -0.1) is 0 Å². The minimum atomic E-state index is -3.85. The maximum Gasteiger partial charge on any atom is 0.303 e. The molecule has 3 aromatic carbocycles. The number of carboxylic acid groups (broad SMARTS) is 1. The van der Waals surface area contributed by atoms with Crippen LogP contribution in [-0.4, -0.2) is 60.7 Å². The van der Waals surface area contributed by atoms with Crippen LogP contribution in [0.4, 0.5) is 0 Å². The van der Waals surface area contributed by atoms with Gasteiger partial charge in [0.1, 0.15) is 0 Å². The largest absolute Gasteiger partial charge is 0.481 e. The van der Waals surface area contributed by atoms with Gasteiger partial charge in [0.05, 0.1) is 11.0 Å². The number of β-amino-alcohol motifs (C(OH)–C–C–N with tert-alkyl or cyclic N) is 1. The monoisotopic (exact) mass is 614 g/mol. The summed E-state index contributed by atoms with van der Waals surface area (Å²) in [5.74, 6) is -0.869. The highest BCUT2D eigenvalue weighted by Crippen LogP contribution is 2.32. The molecule has 0 heterocycles. The lowest BCUT2D eigenvalue weighted by Crippen LogP contribution is -2.46. The van der Waals surface area contributed by atoms with Crippen molar-refractivity contribution in [3.63, 3.8) is 0 Å². The van der Waals surface area contributed by atoms with E-state index in [2.05, 4.69) is 31.3 Å². The van der Waals surface area contributed by atoms with Crippen molar-refractivity contribution in [2.75, 3.05) is 20.1 Å². The van der Waals surface area contributed by atoms with Crippen LogP contribution in [0.5, 0.6) is 0 Å². The second-order valence-electron chi connectivity index (χ2n) is 11.4. The van der Waals surface area contributed by atoms with E-state index in [-0.39, 0.29) is 29.9 Å². The molecule has 9 heteroatoms. The lowest BCUT2D eigenvalue weighted by molar-refractivity contribution is -0.136. The Morgan fingerprint density at radius 1 is 1.02 bits per heavy atom. The van der Waals surface area contributed by atoms with E-state index in [4.69, 9.17) is 16.7 Å². The highest BCUT2D eigenvalue weighted by molar-refractivity contribution is 7.89. The first-order valence-electron chi connectivity index (χ1n) is 14.4. The first kappa shape index (κ1) is 33.7. The number of aliphatic carboxylic acids is 1. The van der Waals surface area contributed by atoms with Gasteiger partial charge in [-0.25, -0.2) is 8.42 Å². The molecule has 3 N–H and O–H groups in total. The Bertz CT molecular complexity index is 1440. The fourth-order valence-electron chi connectivity index (χ4n) is 4.96. The zero-order valence-corrected chi connectivity index (χ0v) is 26.5. The molecule has 3 aromatic rings. The molecule has 0 amide bonds. The summed E-state index contributed by atoms with van der Waals surface area (Å²) in [5.41, 5.74) is 4.10. The molecule has 0 aliphatic rings. The number of aliphatic hydroxyl groups excluding tert-OH is 1. The smallest absolute Gasteiger partial charge is 0.303 e. The molecule has 3 rings (SSSR count). The highest BCUT2D eigenvalue weighted by atomic mass is 35.5. The second-order valence-corrected chi connectivity index (χ2v) is 13.8. The Balaban J connectivity index is 1.62. The summed E-state index contributed by atoms with van der Waals surface area (Å²) in [6.07, 6.45) is 2.93. The van der Waals surface area contributed by atoms with Gasteiger partial charge in [-0.05, 0) is 86.4 Å². The summed E-state index contributed by atoms with van der Waals surface area (Å²) in [6, 6.07) is 20.9. The van der Waals surface area contributed by atoms with Crippen molar-refractivity contribution in [1.29, 1.82) is 0 Å². The van der Waals surface area contributed by atoms with Crippen LogP contribution in [0.1, 0.15) is 56.7 Å². The van der Waals surface area contributed by atoms with Gasteiger partial charge in [0.15, 0.2) is 0 Å². The topological polar surface area (TPSA) is 107 Å². The number of likely N-dealkylation sites (N-methyl/N-ethyl adjacent to an activating group) is 1. The average molecular weight is 615 g/mol. The molecule has 42 heavy (non-hydrogen) atoms. The fraction of sp³-hybridized carbons (Fsp3) is 0.424. The third kappa shape index (κ3) is 9.64. The van der Waals surface area contributed by atoms with Crippen LogP contribution in [0.2, 0.25) is 5.02 Å². The van der Waals surface area contributed by atoms with Gasteiger partial charge in [-0.3, -0.25) is 4.79 Å². The molecule has 0 saturated heterocycles. The SMILES string of the molecule is CCc1cc(-c2ccc(CCC(=O)O)cc2Cl)ccc1S(=O)(=O)N(C)CC(O)CNC(C)(C)CCCc1ccccc1. The summed E-state index contributed by atoms with van der Waals surface area (Å²) in [6.45, 7) is 6.32. The molecular weight excluding hydrogens is 572 g/mol. The normalized spacial score (nSPS) is 12.9. The maximum absolute atomic E-state index is 13.5. The third-order valence-corrected chi connectivity index (χ3v) is 9.73. The Kier molecular flexibility index (Phi) is 12.1. The summed E-state index contributed by atoms with van der Waals surface area (Å²) in [5, 5.41) is 23.5. The molecule has 7 nitrogen and oxygen atoms in total. The zero-order valence-electron chi connectivity index (χ0n) is 24.9. The molecule has 0 aliphatic carbocycles. The highest BCUT2D eigenvalue weighted by Gasteiger charge is 2.27. The van der Waals surface area contributed by atoms with E-state index in [1.54, 1.807) is 18.2 Å². The summed E-state index contributed by atoms with van der Waals surface area (Å²) in [4.78, 5) is 11.1. The van der Waals surface area contributed by atoms with E-state index in [0.29, 0.717) is 23.4 Å². The van der Waals surface area contributed by atoms with Gasteiger partial charge in [-0.2, -0.15) is 4.31 Å². The van der Waals surface area contributed by atoms with Crippen LogP contribution in [0.25, 0.3) is 11.1 Å². The number of hydrogen-bond acceptors (Lipinski definition) is 5. The zero-order chi connectivity index (χ0) is 30.9. The molecule has 228 valence electrons. The lowest BCUT2D eigenvalue weighted by Gasteiger charge is -2.29. The first-order chi connectivity index (χ1) is 19.8. The quantitative estimate of drug-likeness (QED) is 0.184. The van der Waals surface area contributed by atoms with Gasteiger partial charge in [0.25, 0.3) is 0 Å². The molecule has 0 aliphatic heterocycles. The van der Waals surface area contributed by atoms with Crippen molar-refractivity contribution in [1.82, 2.24) is 9.62 Å². The predicted molar refractivity (Wildman–Crippen MR) is 170 cm³/mol. The molecule has 1 unspecified atom stereocenters.